The Kier molecular flexibility index (Phi) is 8.68. The number of hydrogen-bond donors (Lipinski definition) is 2. The number of thioether (sulfide) groups is 1. The molecule has 0 unspecified atom stereocenters. The van der Waals surface area contributed by atoms with Gasteiger partial charge >= 0.3 is 6.09 Å². The Bertz CT molecular complexity index is 524. The first kappa shape index (κ1) is 20.4. The van der Waals surface area contributed by atoms with E-state index in [4.69, 9.17) is 4.74 Å². The first-order valence-corrected chi connectivity index (χ1v) is 9.18. The summed E-state index contributed by atoms with van der Waals surface area (Å²) < 4.78 is 5.12. The summed E-state index contributed by atoms with van der Waals surface area (Å²) in [4.78, 5) is 24.3. The van der Waals surface area contributed by atoms with Crippen LogP contribution < -0.4 is 10.6 Å². The van der Waals surface area contributed by atoms with Crippen LogP contribution in [0.15, 0.2) is 29.2 Å². The van der Waals surface area contributed by atoms with Crippen molar-refractivity contribution >= 4 is 23.8 Å². The molecule has 0 fully saturated rings. The molecule has 0 aliphatic heterocycles. The summed E-state index contributed by atoms with van der Waals surface area (Å²) in [5.41, 5.74) is 0.740. The second-order valence-corrected chi connectivity index (χ2v) is 7.71. The van der Waals surface area contributed by atoms with E-state index in [2.05, 4.69) is 41.8 Å². The quantitative estimate of drug-likeness (QED) is 0.555. The standard InChI is InChI=1S/C18H28N2O3S/c1-14-7-9-15(10-8-14)24-13-12-19-16(21)6-5-11-20-17(22)23-18(2,3)4/h7-10H,5-6,11-13H2,1-4H3,(H,19,21)(H,20,22). The number of carbonyl (C=O) groups excluding carboxylic acids is 2. The molecule has 0 atom stereocenters. The van der Waals surface area contributed by atoms with Crippen LogP contribution in [0.3, 0.4) is 0 Å². The van der Waals surface area contributed by atoms with Gasteiger partial charge in [-0.25, -0.2) is 4.79 Å². The highest BCUT2D eigenvalue weighted by Gasteiger charge is 2.15. The second kappa shape index (κ2) is 10.2. The summed E-state index contributed by atoms with van der Waals surface area (Å²) in [6, 6.07) is 8.34. The monoisotopic (exact) mass is 352 g/mol. The van der Waals surface area contributed by atoms with Gasteiger partial charge in [0.15, 0.2) is 0 Å². The maximum Gasteiger partial charge on any atom is 0.407 e. The maximum absolute atomic E-state index is 11.7. The van der Waals surface area contributed by atoms with Gasteiger partial charge in [-0.05, 0) is 46.2 Å². The van der Waals surface area contributed by atoms with Gasteiger partial charge < -0.3 is 15.4 Å². The van der Waals surface area contributed by atoms with E-state index < -0.39 is 11.7 Å². The molecule has 0 heterocycles. The van der Waals surface area contributed by atoms with Gasteiger partial charge in [0.1, 0.15) is 5.60 Å². The number of nitrogens with one attached hydrogen (secondary N) is 2. The molecule has 0 aliphatic rings. The van der Waals surface area contributed by atoms with Crippen molar-refractivity contribution in [2.45, 2.75) is 51.0 Å². The van der Waals surface area contributed by atoms with Gasteiger partial charge in [-0.15, -0.1) is 11.8 Å². The van der Waals surface area contributed by atoms with Crippen LogP contribution in [-0.2, 0) is 9.53 Å². The van der Waals surface area contributed by atoms with Gasteiger partial charge in [0.2, 0.25) is 5.91 Å². The lowest BCUT2D eigenvalue weighted by Crippen LogP contribution is -2.33. The number of amides is 2. The average molecular weight is 353 g/mol. The van der Waals surface area contributed by atoms with Crippen molar-refractivity contribution in [1.82, 2.24) is 10.6 Å². The van der Waals surface area contributed by atoms with Crippen molar-refractivity contribution < 1.29 is 14.3 Å². The summed E-state index contributed by atoms with van der Waals surface area (Å²) in [5, 5.41) is 5.53. The summed E-state index contributed by atoms with van der Waals surface area (Å²) in [5.74, 6) is 0.843. The zero-order valence-corrected chi connectivity index (χ0v) is 15.8. The number of aryl methyl sites for hydroxylation is 1. The van der Waals surface area contributed by atoms with Crippen LogP contribution in [0.1, 0.15) is 39.2 Å². The number of rotatable bonds is 8. The van der Waals surface area contributed by atoms with Crippen molar-refractivity contribution in [2.24, 2.45) is 0 Å². The highest BCUT2D eigenvalue weighted by Crippen LogP contribution is 2.17. The molecule has 6 heteroatoms. The fraction of sp³-hybridized carbons (Fsp3) is 0.556. The maximum atomic E-state index is 11.7. The van der Waals surface area contributed by atoms with Gasteiger partial charge in [-0.2, -0.15) is 0 Å². The SMILES string of the molecule is Cc1ccc(SCCNC(=O)CCCNC(=O)OC(C)(C)C)cc1. The normalized spacial score (nSPS) is 11.0. The van der Waals surface area contributed by atoms with Crippen LogP contribution in [0.25, 0.3) is 0 Å². The van der Waals surface area contributed by atoms with E-state index in [9.17, 15) is 9.59 Å². The number of carbonyl (C=O) groups is 2. The molecular formula is C18H28N2O3S. The molecule has 24 heavy (non-hydrogen) atoms. The van der Waals surface area contributed by atoms with Gasteiger partial charge in [0.25, 0.3) is 0 Å². The molecule has 0 aromatic heterocycles. The highest BCUT2D eigenvalue weighted by atomic mass is 32.2. The van der Waals surface area contributed by atoms with Crippen molar-refractivity contribution in [1.29, 1.82) is 0 Å². The molecule has 0 aliphatic carbocycles. The summed E-state index contributed by atoms with van der Waals surface area (Å²) in [6.45, 7) is 8.57. The lowest BCUT2D eigenvalue weighted by Gasteiger charge is -2.19. The molecule has 0 bridgehead atoms. The molecule has 0 saturated heterocycles. The van der Waals surface area contributed by atoms with E-state index in [1.54, 1.807) is 11.8 Å². The third-order valence-corrected chi connectivity index (χ3v) is 3.98. The lowest BCUT2D eigenvalue weighted by atomic mass is 10.2. The fourth-order valence-corrected chi connectivity index (χ4v) is 2.60. The van der Waals surface area contributed by atoms with Gasteiger partial charge in [0, 0.05) is 30.2 Å². The summed E-state index contributed by atoms with van der Waals surface area (Å²) in [7, 11) is 0. The highest BCUT2D eigenvalue weighted by molar-refractivity contribution is 7.99. The average Bonchev–Trinajstić information content (AvgIpc) is 2.48. The molecule has 134 valence electrons. The molecule has 0 spiro atoms. The van der Waals surface area contributed by atoms with Gasteiger partial charge in [0.05, 0.1) is 0 Å². The van der Waals surface area contributed by atoms with Crippen LogP contribution in [-0.4, -0.2) is 36.4 Å². The van der Waals surface area contributed by atoms with E-state index in [0.717, 1.165) is 5.75 Å². The molecule has 2 N–H and O–H groups in total. The van der Waals surface area contributed by atoms with E-state index in [1.807, 2.05) is 20.8 Å². The van der Waals surface area contributed by atoms with E-state index in [-0.39, 0.29) is 5.91 Å². The minimum atomic E-state index is -0.503. The number of hydrogen-bond acceptors (Lipinski definition) is 4. The number of ether oxygens (including phenoxy) is 1. The number of benzene rings is 1. The third kappa shape index (κ3) is 10.2. The lowest BCUT2D eigenvalue weighted by molar-refractivity contribution is -0.121. The minimum Gasteiger partial charge on any atom is -0.444 e. The zero-order chi connectivity index (χ0) is 18.0. The Morgan fingerprint density at radius 1 is 1.08 bits per heavy atom. The van der Waals surface area contributed by atoms with Crippen molar-refractivity contribution in [3.63, 3.8) is 0 Å². The Morgan fingerprint density at radius 2 is 1.75 bits per heavy atom. The van der Waals surface area contributed by atoms with Crippen molar-refractivity contribution in [3.05, 3.63) is 29.8 Å². The van der Waals surface area contributed by atoms with Crippen LogP contribution in [0.2, 0.25) is 0 Å². The Balaban J connectivity index is 2.04. The smallest absolute Gasteiger partial charge is 0.407 e. The minimum absolute atomic E-state index is 0.00509. The Morgan fingerprint density at radius 3 is 2.38 bits per heavy atom. The molecule has 1 aromatic carbocycles. The van der Waals surface area contributed by atoms with Crippen LogP contribution in [0.5, 0.6) is 0 Å². The van der Waals surface area contributed by atoms with Crippen LogP contribution in [0.4, 0.5) is 4.79 Å². The molecule has 5 nitrogen and oxygen atoms in total. The molecular weight excluding hydrogens is 324 g/mol. The Labute approximate surface area is 148 Å². The topological polar surface area (TPSA) is 67.4 Å². The largest absolute Gasteiger partial charge is 0.444 e. The second-order valence-electron chi connectivity index (χ2n) is 6.54. The Hall–Kier alpha value is -1.69. The number of alkyl carbamates (subject to hydrolysis) is 1. The predicted molar refractivity (Wildman–Crippen MR) is 98.4 cm³/mol. The third-order valence-electron chi connectivity index (χ3n) is 2.96. The molecule has 0 saturated carbocycles. The van der Waals surface area contributed by atoms with Crippen molar-refractivity contribution in [2.75, 3.05) is 18.8 Å². The summed E-state index contributed by atoms with van der Waals surface area (Å²) in [6.07, 6.45) is 0.540. The van der Waals surface area contributed by atoms with Crippen LogP contribution in [0, 0.1) is 6.92 Å². The first-order valence-electron chi connectivity index (χ1n) is 8.19. The van der Waals surface area contributed by atoms with E-state index in [1.165, 1.54) is 10.5 Å². The van der Waals surface area contributed by atoms with E-state index in [0.29, 0.717) is 25.9 Å². The first-order chi connectivity index (χ1) is 11.3. The fourth-order valence-electron chi connectivity index (χ4n) is 1.84. The zero-order valence-electron chi connectivity index (χ0n) is 15.0. The molecule has 2 amide bonds. The van der Waals surface area contributed by atoms with E-state index >= 15 is 0 Å². The molecule has 1 rings (SSSR count). The molecule has 0 radical (unpaired) electrons. The summed E-state index contributed by atoms with van der Waals surface area (Å²) >= 11 is 1.72. The van der Waals surface area contributed by atoms with Crippen LogP contribution >= 0.6 is 11.8 Å². The van der Waals surface area contributed by atoms with Gasteiger partial charge in [-0.3, -0.25) is 4.79 Å². The van der Waals surface area contributed by atoms with Crippen molar-refractivity contribution in [3.8, 4) is 0 Å². The van der Waals surface area contributed by atoms with Gasteiger partial charge in [-0.1, -0.05) is 17.7 Å². The molecule has 1 aromatic rings. The predicted octanol–water partition coefficient (Wildman–Crippen LogP) is 3.51.